The Morgan fingerprint density at radius 2 is 1.75 bits per heavy atom. The van der Waals surface area contributed by atoms with Gasteiger partial charge in [-0.2, -0.15) is 0 Å². The normalized spacial score (nSPS) is 48.5. The lowest BCUT2D eigenvalue weighted by Crippen LogP contribution is -2.44. The second-order valence-electron chi connectivity index (χ2n) is 4.90. The quantitative estimate of drug-likeness (QED) is 0.589. The Morgan fingerprint density at radius 3 is 2.50 bits per heavy atom. The molecule has 1 nitrogen and oxygen atoms in total. The topological polar surface area (TPSA) is 20.2 Å². The van der Waals surface area contributed by atoms with Crippen molar-refractivity contribution in [1.82, 2.24) is 0 Å². The maximum Gasteiger partial charge on any atom is 0.0650 e. The van der Waals surface area contributed by atoms with Gasteiger partial charge < -0.3 is 5.11 Å². The molecule has 0 spiro atoms. The van der Waals surface area contributed by atoms with Gasteiger partial charge in [-0.25, -0.2) is 0 Å². The van der Waals surface area contributed by atoms with Gasteiger partial charge in [0.05, 0.1) is 5.60 Å². The van der Waals surface area contributed by atoms with Crippen LogP contribution < -0.4 is 0 Å². The van der Waals surface area contributed by atoms with E-state index in [2.05, 4.69) is 6.92 Å². The first-order valence-electron chi connectivity index (χ1n) is 5.42. The van der Waals surface area contributed by atoms with Crippen molar-refractivity contribution < 1.29 is 5.11 Å². The van der Waals surface area contributed by atoms with Crippen LogP contribution in [0.1, 0.15) is 51.9 Å². The molecular formula is C11H20O. The van der Waals surface area contributed by atoms with E-state index in [9.17, 15) is 5.11 Å². The maximum absolute atomic E-state index is 10.2. The molecule has 0 aliphatic heterocycles. The molecule has 2 fully saturated rings. The van der Waals surface area contributed by atoms with E-state index < -0.39 is 0 Å². The van der Waals surface area contributed by atoms with Gasteiger partial charge in [0.2, 0.25) is 0 Å². The molecule has 0 aromatic heterocycles. The second kappa shape index (κ2) is 3.02. The van der Waals surface area contributed by atoms with Gasteiger partial charge in [-0.3, -0.25) is 0 Å². The molecule has 1 N–H and O–H groups in total. The van der Waals surface area contributed by atoms with Crippen molar-refractivity contribution in [3.8, 4) is 0 Å². The average molecular weight is 168 g/mol. The fourth-order valence-electron chi connectivity index (χ4n) is 3.28. The van der Waals surface area contributed by atoms with Gasteiger partial charge >= 0.3 is 0 Å². The van der Waals surface area contributed by atoms with Crippen molar-refractivity contribution >= 4 is 0 Å². The largest absolute Gasteiger partial charge is 0.390 e. The highest BCUT2D eigenvalue weighted by molar-refractivity contribution is 4.92. The summed E-state index contributed by atoms with van der Waals surface area (Å²) in [4.78, 5) is 0. The fraction of sp³-hybridized carbons (Fsp3) is 1.00. The third kappa shape index (κ3) is 1.39. The van der Waals surface area contributed by atoms with Gasteiger partial charge in [0.25, 0.3) is 0 Å². The molecule has 2 saturated carbocycles. The van der Waals surface area contributed by atoms with Crippen molar-refractivity contribution in [3.63, 3.8) is 0 Å². The molecule has 3 atom stereocenters. The highest BCUT2D eigenvalue weighted by atomic mass is 16.3. The van der Waals surface area contributed by atoms with Crippen LogP contribution in [0.5, 0.6) is 0 Å². The lowest BCUT2D eigenvalue weighted by Gasteiger charge is -2.45. The van der Waals surface area contributed by atoms with Gasteiger partial charge in [0.15, 0.2) is 0 Å². The van der Waals surface area contributed by atoms with E-state index in [4.69, 9.17) is 0 Å². The molecule has 2 aliphatic rings. The van der Waals surface area contributed by atoms with Crippen LogP contribution in [0, 0.1) is 11.8 Å². The summed E-state index contributed by atoms with van der Waals surface area (Å²) in [5.74, 6) is 1.47. The average Bonchev–Trinajstić information content (AvgIpc) is 2.04. The zero-order chi connectivity index (χ0) is 8.60. The van der Waals surface area contributed by atoms with E-state index >= 15 is 0 Å². The molecule has 0 amide bonds. The molecule has 2 aliphatic carbocycles. The lowest BCUT2D eigenvalue weighted by molar-refractivity contribution is -0.0738. The number of fused-ring (bicyclic) bond motifs is 1. The number of hydrogen-bond acceptors (Lipinski definition) is 1. The Labute approximate surface area is 75.2 Å². The van der Waals surface area contributed by atoms with E-state index in [0.29, 0.717) is 5.92 Å². The van der Waals surface area contributed by atoms with Crippen LogP contribution in [0.2, 0.25) is 0 Å². The minimum Gasteiger partial charge on any atom is -0.390 e. The SMILES string of the molecule is CC1(O)CCCC2CCCCC21. The van der Waals surface area contributed by atoms with Gasteiger partial charge in [-0.1, -0.05) is 25.7 Å². The molecule has 0 saturated heterocycles. The first kappa shape index (κ1) is 8.55. The lowest BCUT2D eigenvalue weighted by atomic mass is 9.64. The standard InChI is InChI=1S/C11H20O/c1-11(12)8-4-6-9-5-2-3-7-10(9)11/h9-10,12H,2-8H2,1H3. The summed E-state index contributed by atoms with van der Waals surface area (Å²) in [5, 5.41) is 10.2. The van der Waals surface area contributed by atoms with Crippen molar-refractivity contribution in [2.24, 2.45) is 11.8 Å². The van der Waals surface area contributed by atoms with Crippen molar-refractivity contribution in [3.05, 3.63) is 0 Å². The summed E-state index contributed by atoms with van der Waals surface area (Å²) < 4.78 is 0. The Hall–Kier alpha value is -0.0400. The van der Waals surface area contributed by atoms with E-state index in [1.165, 1.54) is 38.5 Å². The summed E-state index contributed by atoms with van der Waals surface area (Å²) in [6.45, 7) is 2.05. The summed E-state index contributed by atoms with van der Waals surface area (Å²) in [5.41, 5.74) is -0.330. The minimum atomic E-state index is -0.330. The third-order valence-electron chi connectivity index (χ3n) is 3.97. The summed E-state index contributed by atoms with van der Waals surface area (Å²) >= 11 is 0. The van der Waals surface area contributed by atoms with Crippen LogP contribution in [0.25, 0.3) is 0 Å². The summed E-state index contributed by atoms with van der Waals surface area (Å²) in [6.07, 6.45) is 9.05. The second-order valence-corrected chi connectivity index (χ2v) is 4.90. The van der Waals surface area contributed by atoms with Crippen LogP contribution in [0.3, 0.4) is 0 Å². The van der Waals surface area contributed by atoms with Gasteiger partial charge in [0, 0.05) is 0 Å². The molecule has 0 aromatic carbocycles. The molecule has 70 valence electrons. The smallest absolute Gasteiger partial charge is 0.0650 e. The molecule has 1 heteroatoms. The zero-order valence-electron chi connectivity index (χ0n) is 8.05. The highest BCUT2D eigenvalue weighted by Gasteiger charge is 2.41. The number of rotatable bonds is 0. The first-order valence-corrected chi connectivity index (χ1v) is 5.42. The van der Waals surface area contributed by atoms with E-state index in [-0.39, 0.29) is 5.60 Å². The summed E-state index contributed by atoms with van der Waals surface area (Å²) in [7, 11) is 0. The maximum atomic E-state index is 10.2. The van der Waals surface area contributed by atoms with Crippen molar-refractivity contribution in [2.75, 3.05) is 0 Å². The molecule has 0 heterocycles. The fourth-order valence-corrected chi connectivity index (χ4v) is 3.28. The van der Waals surface area contributed by atoms with Crippen LogP contribution in [0.4, 0.5) is 0 Å². The van der Waals surface area contributed by atoms with Crippen molar-refractivity contribution in [2.45, 2.75) is 57.5 Å². The predicted octanol–water partition coefficient (Wildman–Crippen LogP) is 2.73. The Morgan fingerprint density at radius 1 is 1.08 bits per heavy atom. The molecule has 2 rings (SSSR count). The van der Waals surface area contributed by atoms with E-state index in [1.807, 2.05) is 0 Å². The molecule has 0 radical (unpaired) electrons. The monoisotopic (exact) mass is 168 g/mol. The Kier molecular flexibility index (Phi) is 2.16. The Bertz CT molecular complexity index is 160. The highest BCUT2D eigenvalue weighted by Crippen LogP contribution is 2.45. The van der Waals surface area contributed by atoms with Gasteiger partial charge in [0.1, 0.15) is 0 Å². The molecule has 3 unspecified atom stereocenters. The number of hydrogen-bond donors (Lipinski definition) is 1. The molecule has 0 aromatic rings. The third-order valence-corrected chi connectivity index (χ3v) is 3.97. The first-order chi connectivity index (χ1) is 5.70. The van der Waals surface area contributed by atoms with Crippen LogP contribution in [-0.2, 0) is 0 Å². The molecule has 12 heavy (non-hydrogen) atoms. The minimum absolute atomic E-state index is 0.330. The predicted molar refractivity (Wildman–Crippen MR) is 49.9 cm³/mol. The molecule has 0 bridgehead atoms. The molecular weight excluding hydrogens is 148 g/mol. The van der Waals surface area contributed by atoms with E-state index in [0.717, 1.165) is 12.3 Å². The number of aliphatic hydroxyl groups is 1. The summed E-state index contributed by atoms with van der Waals surface area (Å²) in [6, 6.07) is 0. The van der Waals surface area contributed by atoms with Gasteiger partial charge in [-0.05, 0) is 38.0 Å². The van der Waals surface area contributed by atoms with Crippen molar-refractivity contribution in [1.29, 1.82) is 0 Å². The van der Waals surface area contributed by atoms with Crippen LogP contribution >= 0.6 is 0 Å². The Balaban J connectivity index is 2.09. The van der Waals surface area contributed by atoms with Crippen LogP contribution in [-0.4, -0.2) is 10.7 Å². The van der Waals surface area contributed by atoms with Gasteiger partial charge in [-0.15, -0.1) is 0 Å². The van der Waals surface area contributed by atoms with E-state index in [1.54, 1.807) is 0 Å². The van der Waals surface area contributed by atoms with Crippen LogP contribution in [0.15, 0.2) is 0 Å². The zero-order valence-corrected chi connectivity index (χ0v) is 8.05.